The highest BCUT2D eigenvalue weighted by atomic mass is 79.9. The third kappa shape index (κ3) is 4.18. The van der Waals surface area contributed by atoms with Crippen LogP contribution in [0.15, 0.2) is 45.8 Å². The molecule has 2 aromatic rings. The Balaban J connectivity index is 2.43. The van der Waals surface area contributed by atoms with E-state index >= 15 is 0 Å². The largest absolute Gasteiger partial charge is 0.456 e. The van der Waals surface area contributed by atoms with E-state index in [1.165, 1.54) is 12.1 Å². The molecule has 2 aromatic carbocycles. The van der Waals surface area contributed by atoms with Crippen LogP contribution in [0.3, 0.4) is 0 Å². The van der Waals surface area contributed by atoms with Gasteiger partial charge < -0.3 is 10.5 Å². The van der Waals surface area contributed by atoms with E-state index in [1.807, 2.05) is 19.1 Å². The van der Waals surface area contributed by atoms with Crippen molar-refractivity contribution in [2.75, 3.05) is 5.75 Å². The zero-order valence-electron chi connectivity index (χ0n) is 11.2. The summed E-state index contributed by atoms with van der Waals surface area (Å²) in [6.07, 6.45) is 0. The lowest BCUT2D eigenvalue weighted by Crippen LogP contribution is -2.12. The van der Waals surface area contributed by atoms with Gasteiger partial charge in [-0.05, 0) is 30.0 Å². The van der Waals surface area contributed by atoms with Crippen molar-refractivity contribution in [2.24, 2.45) is 5.73 Å². The number of hydrogen-bond acceptors (Lipinski definition) is 3. The van der Waals surface area contributed by atoms with Gasteiger partial charge in [-0.1, -0.05) is 41.1 Å². The molecule has 0 unspecified atom stereocenters. The summed E-state index contributed by atoms with van der Waals surface area (Å²) in [5, 5.41) is 0. The van der Waals surface area contributed by atoms with E-state index < -0.39 is 0 Å². The van der Waals surface area contributed by atoms with E-state index in [-0.39, 0.29) is 10.8 Å². The van der Waals surface area contributed by atoms with Gasteiger partial charge in [-0.3, -0.25) is 0 Å². The Morgan fingerprint density at radius 1 is 1.38 bits per heavy atom. The minimum Gasteiger partial charge on any atom is -0.456 e. The number of hydrogen-bond donors (Lipinski definition) is 1. The summed E-state index contributed by atoms with van der Waals surface area (Å²) in [4.78, 5) is 1.22. The van der Waals surface area contributed by atoms with Crippen LogP contribution in [-0.2, 0) is 0 Å². The minimum atomic E-state index is -0.379. The fourth-order valence-corrected chi connectivity index (χ4v) is 3.39. The van der Waals surface area contributed by atoms with Crippen molar-refractivity contribution in [3.63, 3.8) is 0 Å². The average Bonchev–Trinajstić information content (AvgIpc) is 2.37. The highest BCUT2D eigenvalue weighted by Crippen LogP contribution is 2.34. The van der Waals surface area contributed by atoms with E-state index in [0.29, 0.717) is 21.5 Å². The van der Waals surface area contributed by atoms with E-state index in [0.717, 1.165) is 10.6 Å². The van der Waals surface area contributed by atoms with Crippen LogP contribution in [0.2, 0.25) is 0 Å². The standard InChI is InChI=1S/C15H13BrFNOS2/c1-2-21-13-5-3-4-12(14(13)15(18)20)19-11-7-9(16)6-10(17)8-11/h3-8H,2H2,1H3,(H2,18,20). The molecular formula is C15H13BrFNOS2. The van der Waals surface area contributed by atoms with Crippen LogP contribution in [0.25, 0.3) is 0 Å². The third-order valence-corrected chi connectivity index (χ3v) is 4.20. The maximum Gasteiger partial charge on any atom is 0.138 e. The van der Waals surface area contributed by atoms with Crippen LogP contribution in [0.5, 0.6) is 11.5 Å². The fourth-order valence-electron chi connectivity index (χ4n) is 1.83. The Bertz CT molecular complexity index is 658. The molecule has 0 saturated heterocycles. The maximum atomic E-state index is 13.4. The van der Waals surface area contributed by atoms with Crippen molar-refractivity contribution in [3.8, 4) is 11.5 Å². The molecule has 110 valence electrons. The quantitative estimate of drug-likeness (QED) is 0.571. The first-order valence-electron chi connectivity index (χ1n) is 6.20. The van der Waals surface area contributed by atoms with Gasteiger partial charge in [0.2, 0.25) is 0 Å². The highest BCUT2D eigenvalue weighted by molar-refractivity contribution is 9.10. The second kappa shape index (κ2) is 7.24. The Morgan fingerprint density at radius 3 is 2.76 bits per heavy atom. The van der Waals surface area contributed by atoms with E-state index in [1.54, 1.807) is 23.9 Å². The van der Waals surface area contributed by atoms with E-state index in [9.17, 15) is 4.39 Å². The lowest BCUT2D eigenvalue weighted by molar-refractivity contribution is 0.474. The molecule has 0 radical (unpaired) electrons. The first-order valence-corrected chi connectivity index (χ1v) is 8.39. The number of nitrogens with two attached hydrogens (primary N) is 1. The number of halogens is 2. The van der Waals surface area contributed by atoms with Crippen molar-refractivity contribution in [1.29, 1.82) is 0 Å². The zero-order valence-corrected chi connectivity index (χ0v) is 14.4. The molecule has 21 heavy (non-hydrogen) atoms. The normalized spacial score (nSPS) is 10.4. The first-order chi connectivity index (χ1) is 10.0. The van der Waals surface area contributed by atoms with Crippen LogP contribution in [0, 0.1) is 5.82 Å². The first kappa shape index (κ1) is 16.3. The SMILES string of the molecule is CCSc1cccc(Oc2cc(F)cc(Br)c2)c1C(N)=S. The molecule has 0 amide bonds. The maximum absolute atomic E-state index is 13.4. The van der Waals surface area contributed by atoms with Gasteiger partial charge in [-0.2, -0.15) is 0 Å². The Morgan fingerprint density at radius 2 is 2.14 bits per heavy atom. The van der Waals surface area contributed by atoms with Crippen molar-refractivity contribution in [3.05, 3.63) is 52.3 Å². The lowest BCUT2D eigenvalue weighted by Gasteiger charge is -2.14. The molecule has 2 N–H and O–H groups in total. The minimum absolute atomic E-state index is 0.261. The van der Waals surface area contributed by atoms with Gasteiger partial charge in [0.05, 0.1) is 5.56 Å². The second-order valence-electron chi connectivity index (χ2n) is 4.13. The molecule has 2 rings (SSSR count). The molecule has 0 aliphatic rings. The third-order valence-electron chi connectivity index (χ3n) is 2.60. The van der Waals surface area contributed by atoms with Gasteiger partial charge in [-0.25, -0.2) is 4.39 Å². The van der Waals surface area contributed by atoms with Crippen LogP contribution in [0.1, 0.15) is 12.5 Å². The van der Waals surface area contributed by atoms with Gasteiger partial charge in [0.1, 0.15) is 22.3 Å². The number of thiocarbonyl (C=S) groups is 1. The molecule has 0 aliphatic carbocycles. The number of rotatable bonds is 5. The smallest absolute Gasteiger partial charge is 0.138 e. The Hall–Kier alpha value is -1.11. The predicted molar refractivity (Wildman–Crippen MR) is 92.9 cm³/mol. The molecule has 0 fully saturated rings. The summed E-state index contributed by atoms with van der Waals surface area (Å²) in [5.41, 5.74) is 6.49. The molecule has 0 heterocycles. The number of ether oxygens (including phenoxy) is 1. The molecule has 2 nitrogen and oxygen atoms in total. The van der Waals surface area contributed by atoms with Gasteiger partial charge in [0, 0.05) is 15.4 Å². The zero-order chi connectivity index (χ0) is 15.4. The van der Waals surface area contributed by atoms with Crippen molar-refractivity contribution in [2.45, 2.75) is 11.8 Å². The highest BCUT2D eigenvalue weighted by Gasteiger charge is 2.13. The van der Waals surface area contributed by atoms with E-state index in [4.69, 9.17) is 22.7 Å². The molecule has 0 spiro atoms. The molecular weight excluding hydrogens is 373 g/mol. The summed E-state index contributed by atoms with van der Waals surface area (Å²) < 4.78 is 19.8. The summed E-state index contributed by atoms with van der Waals surface area (Å²) >= 11 is 9.99. The van der Waals surface area contributed by atoms with E-state index in [2.05, 4.69) is 15.9 Å². The molecule has 0 saturated carbocycles. The van der Waals surface area contributed by atoms with Crippen molar-refractivity contribution in [1.82, 2.24) is 0 Å². The Labute approximate surface area is 141 Å². The molecule has 0 atom stereocenters. The lowest BCUT2D eigenvalue weighted by atomic mass is 10.2. The monoisotopic (exact) mass is 385 g/mol. The van der Waals surface area contributed by atoms with Crippen LogP contribution < -0.4 is 10.5 Å². The number of thioether (sulfide) groups is 1. The summed E-state index contributed by atoms with van der Waals surface area (Å²) in [6, 6.07) is 9.94. The second-order valence-corrected chi connectivity index (χ2v) is 6.80. The van der Waals surface area contributed by atoms with Crippen LogP contribution >= 0.6 is 39.9 Å². The molecule has 0 aromatic heterocycles. The molecule has 6 heteroatoms. The van der Waals surface area contributed by atoms with Crippen LogP contribution in [0.4, 0.5) is 4.39 Å². The molecule has 0 aliphatic heterocycles. The van der Waals surface area contributed by atoms with Crippen molar-refractivity contribution >= 4 is 44.9 Å². The summed E-state index contributed by atoms with van der Waals surface area (Å²) in [5.74, 6) is 1.43. The van der Waals surface area contributed by atoms with Gasteiger partial charge in [0.15, 0.2) is 0 Å². The number of benzene rings is 2. The fraction of sp³-hybridized carbons (Fsp3) is 0.133. The molecule has 0 bridgehead atoms. The summed E-state index contributed by atoms with van der Waals surface area (Å²) in [7, 11) is 0. The van der Waals surface area contributed by atoms with Gasteiger partial charge in [-0.15, -0.1) is 11.8 Å². The predicted octanol–water partition coefficient (Wildman–Crippen LogP) is 5.13. The Kier molecular flexibility index (Phi) is 5.61. The van der Waals surface area contributed by atoms with Crippen molar-refractivity contribution < 1.29 is 9.13 Å². The van der Waals surface area contributed by atoms with Gasteiger partial charge in [0.25, 0.3) is 0 Å². The topological polar surface area (TPSA) is 35.2 Å². The van der Waals surface area contributed by atoms with Gasteiger partial charge >= 0.3 is 0 Å². The van der Waals surface area contributed by atoms with Crippen LogP contribution in [-0.4, -0.2) is 10.7 Å². The average molecular weight is 386 g/mol. The summed E-state index contributed by atoms with van der Waals surface area (Å²) in [6.45, 7) is 2.05.